The number of halogens is 4. The smallest absolute Gasteiger partial charge is 0.367 e. The van der Waals surface area contributed by atoms with Gasteiger partial charge in [0.1, 0.15) is 6.61 Å². The van der Waals surface area contributed by atoms with Gasteiger partial charge in [-0.2, -0.15) is 18.4 Å². The van der Waals surface area contributed by atoms with E-state index < -0.39 is 12.8 Å². The van der Waals surface area contributed by atoms with Gasteiger partial charge in [0.05, 0.1) is 24.8 Å². The number of benzene rings is 2. The minimum Gasteiger partial charge on any atom is -0.367 e. The fraction of sp³-hybridized carbons (Fsp3) is 0.333. The zero-order valence-electron chi connectivity index (χ0n) is 16.5. The minimum atomic E-state index is -4.32. The van der Waals surface area contributed by atoms with Gasteiger partial charge >= 0.3 is 6.18 Å². The van der Waals surface area contributed by atoms with Gasteiger partial charge in [0.25, 0.3) is 0 Å². The van der Waals surface area contributed by atoms with Crippen molar-refractivity contribution in [1.82, 2.24) is 10.6 Å². The second-order valence-corrected chi connectivity index (χ2v) is 6.28. The van der Waals surface area contributed by atoms with Gasteiger partial charge in [-0.25, -0.2) is 4.99 Å². The average molecular weight is 532 g/mol. The molecule has 162 valence electrons. The predicted molar refractivity (Wildman–Crippen MR) is 120 cm³/mol. The highest BCUT2D eigenvalue weighted by atomic mass is 127. The van der Waals surface area contributed by atoms with Crippen molar-refractivity contribution in [3.8, 4) is 6.07 Å². The second-order valence-electron chi connectivity index (χ2n) is 6.28. The molecule has 9 heteroatoms. The first-order valence-corrected chi connectivity index (χ1v) is 9.13. The third-order valence-corrected chi connectivity index (χ3v) is 3.86. The molecule has 0 heterocycles. The van der Waals surface area contributed by atoms with Crippen molar-refractivity contribution in [3.63, 3.8) is 0 Å². The molecular weight excluding hydrogens is 508 g/mol. The quantitative estimate of drug-likeness (QED) is 0.298. The van der Waals surface area contributed by atoms with Crippen LogP contribution in [0.4, 0.5) is 13.2 Å². The molecule has 0 aromatic heterocycles. The summed E-state index contributed by atoms with van der Waals surface area (Å²) in [5.74, 6) is 0.648. The molecule has 0 bridgehead atoms. The van der Waals surface area contributed by atoms with Gasteiger partial charge in [-0.3, -0.25) is 0 Å². The lowest BCUT2D eigenvalue weighted by molar-refractivity contribution is -0.176. The maximum Gasteiger partial charge on any atom is 0.411 e. The highest BCUT2D eigenvalue weighted by Gasteiger charge is 2.27. The van der Waals surface area contributed by atoms with Gasteiger partial charge in [0.15, 0.2) is 5.96 Å². The van der Waals surface area contributed by atoms with Gasteiger partial charge in [0.2, 0.25) is 0 Å². The van der Waals surface area contributed by atoms with E-state index in [0.717, 1.165) is 11.1 Å². The van der Waals surface area contributed by atoms with Gasteiger partial charge in [-0.1, -0.05) is 36.4 Å². The number of aliphatic imine (C=N–C) groups is 1. The number of hydrogen-bond acceptors (Lipinski definition) is 3. The molecule has 5 nitrogen and oxygen atoms in total. The monoisotopic (exact) mass is 532 g/mol. The van der Waals surface area contributed by atoms with Gasteiger partial charge in [0, 0.05) is 13.1 Å². The van der Waals surface area contributed by atoms with E-state index in [1.807, 2.05) is 31.2 Å². The van der Waals surface area contributed by atoms with E-state index in [1.165, 1.54) is 0 Å². The van der Waals surface area contributed by atoms with Crippen molar-refractivity contribution in [2.75, 3.05) is 13.2 Å². The summed E-state index contributed by atoms with van der Waals surface area (Å²) >= 11 is 0. The molecule has 0 aliphatic carbocycles. The summed E-state index contributed by atoms with van der Waals surface area (Å²) in [6.45, 7) is 2.32. The highest BCUT2D eigenvalue weighted by Crippen LogP contribution is 2.15. The number of nitrogens with one attached hydrogen (secondary N) is 2. The van der Waals surface area contributed by atoms with Gasteiger partial charge < -0.3 is 15.4 Å². The van der Waals surface area contributed by atoms with Crippen molar-refractivity contribution in [2.24, 2.45) is 4.99 Å². The Hall–Kier alpha value is -2.32. The topological polar surface area (TPSA) is 69.4 Å². The van der Waals surface area contributed by atoms with Crippen LogP contribution < -0.4 is 10.6 Å². The Morgan fingerprint density at radius 3 is 2.17 bits per heavy atom. The van der Waals surface area contributed by atoms with Gasteiger partial charge in [-0.15, -0.1) is 24.0 Å². The first-order chi connectivity index (χ1) is 13.9. The molecule has 0 aliphatic rings. The summed E-state index contributed by atoms with van der Waals surface area (Å²) in [5, 5.41) is 15.2. The van der Waals surface area contributed by atoms with Crippen LogP contribution >= 0.6 is 24.0 Å². The Morgan fingerprint density at radius 1 is 1.00 bits per heavy atom. The fourth-order valence-corrected chi connectivity index (χ4v) is 2.42. The molecule has 2 aromatic carbocycles. The first kappa shape index (κ1) is 25.7. The van der Waals surface area contributed by atoms with Crippen LogP contribution in [0.3, 0.4) is 0 Å². The van der Waals surface area contributed by atoms with Crippen LogP contribution in [0.25, 0.3) is 0 Å². The van der Waals surface area contributed by atoms with Crippen LogP contribution in [0.15, 0.2) is 53.5 Å². The van der Waals surface area contributed by atoms with Crippen LogP contribution in [0.2, 0.25) is 0 Å². The van der Waals surface area contributed by atoms with E-state index in [4.69, 9.17) is 5.26 Å². The molecule has 0 saturated heterocycles. The molecule has 2 rings (SSSR count). The molecule has 0 fully saturated rings. The summed E-state index contributed by atoms with van der Waals surface area (Å²) in [4.78, 5) is 4.52. The Kier molecular flexibility index (Phi) is 11.2. The van der Waals surface area contributed by atoms with E-state index in [0.29, 0.717) is 36.7 Å². The summed E-state index contributed by atoms with van der Waals surface area (Å²) in [6, 6.07) is 16.5. The van der Waals surface area contributed by atoms with Crippen LogP contribution in [0.1, 0.15) is 29.2 Å². The van der Waals surface area contributed by atoms with E-state index >= 15 is 0 Å². The normalized spacial score (nSPS) is 11.4. The van der Waals surface area contributed by atoms with E-state index in [2.05, 4.69) is 26.4 Å². The third kappa shape index (κ3) is 9.93. The number of hydrogen-bond donors (Lipinski definition) is 2. The van der Waals surface area contributed by atoms with Crippen LogP contribution in [0.5, 0.6) is 0 Å². The molecule has 0 radical (unpaired) electrons. The van der Waals surface area contributed by atoms with Crippen molar-refractivity contribution in [1.29, 1.82) is 5.26 Å². The van der Waals surface area contributed by atoms with Crippen molar-refractivity contribution in [3.05, 3.63) is 70.8 Å². The molecule has 30 heavy (non-hydrogen) atoms. The summed E-state index contributed by atoms with van der Waals surface area (Å²) in [6.07, 6.45) is -4.32. The van der Waals surface area contributed by atoms with Crippen molar-refractivity contribution in [2.45, 2.75) is 32.8 Å². The molecule has 2 N–H and O–H groups in total. The van der Waals surface area contributed by atoms with Crippen LogP contribution in [-0.4, -0.2) is 25.3 Å². The Morgan fingerprint density at radius 2 is 1.60 bits per heavy atom. The van der Waals surface area contributed by atoms with Crippen molar-refractivity contribution < 1.29 is 17.9 Å². The average Bonchev–Trinajstić information content (AvgIpc) is 2.70. The minimum absolute atomic E-state index is 0. The number of rotatable bonds is 8. The summed E-state index contributed by atoms with van der Waals surface area (Å²) < 4.78 is 41.0. The van der Waals surface area contributed by atoms with Crippen molar-refractivity contribution >= 4 is 29.9 Å². The molecule has 0 aliphatic heterocycles. The highest BCUT2D eigenvalue weighted by molar-refractivity contribution is 14.0. The maximum absolute atomic E-state index is 12.1. The lowest BCUT2D eigenvalue weighted by atomic mass is 10.1. The first-order valence-electron chi connectivity index (χ1n) is 9.13. The maximum atomic E-state index is 12.1. The number of nitriles is 1. The number of alkyl halides is 3. The fourth-order valence-electron chi connectivity index (χ4n) is 2.42. The Bertz CT molecular complexity index is 831. The summed E-state index contributed by atoms with van der Waals surface area (Å²) in [7, 11) is 0. The summed E-state index contributed by atoms with van der Waals surface area (Å²) in [5.41, 5.74) is 3.24. The van der Waals surface area contributed by atoms with Crippen LogP contribution in [0, 0.1) is 11.3 Å². The lowest BCUT2D eigenvalue weighted by Gasteiger charge is -2.12. The number of ether oxygens (including phenoxy) is 1. The lowest BCUT2D eigenvalue weighted by Crippen LogP contribution is -2.36. The van der Waals surface area contributed by atoms with E-state index in [9.17, 15) is 13.2 Å². The molecule has 0 atom stereocenters. The largest absolute Gasteiger partial charge is 0.411 e. The zero-order valence-corrected chi connectivity index (χ0v) is 18.8. The molecule has 0 amide bonds. The Labute approximate surface area is 191 Å². The second kappa shape index (κ2) is 13.1. The zero-order chi connectivity index (χ0) is 21.1. The SMILES string of the molecule is CCNC(=NCc1ccc(C#N)cc1)NCc1ccc(COCC(F)(F)F)cc1.I. The van der Waals surface area contributed by atoms with Crippen LogP contribution in [-0.2, 0) is 24.4 Å². The number of guanidine groups is 1. The standard InChI is InChI=1S/C21H23F3N4O.HI/c1-2-26-20(27-12-17-5-3-16(11-25)4-6-17)28-13-18-7-9-19(10-8-18)14-29-15-21(22,23)24;/h3-10H,2,12-15H2,1H3,(H2,26,27,28);1H. The Balaban J connectivity index is 0.00000450. The van der Waals surface area contributed by atoms with Gasteiger partial charge in [-0.05, 0) is 35.7 Å². The van der Waals surface area contributed by atoms with E-state index in [-0.39, 0.29) is 30.6 Å². The molecule has 0 saturated carbocycles. The molecule has 2 aromatic rings. The van der Waals surface area contributed by atoms with E-state index in [1.54, 1.807) is 24.3 Å². The molecular formula is C21H24F3IN4O. The number of nitrogens with zero attached hydrogens (tertiary/aromatic N) is 2. The third-order valence-electron chi connectivity index (χ3n) is 3.86. The predicted octanol–water partition coefficient (Wildman–Crippen LogP) is 4.51. The molecule has 0 unspecified atom stereocenters. The molecule has 0 spiro atoms.